The molecule has 0 saturated carbocycles. The molecule has 9 heteroatoms. The lowest BCUT2D eigenvalue weighted by molar-refractivity contribution is 0.182. The van der Waals surface area contributed by atoms with Crippen molar-refractivity contribution in [1.29, 1.82) is 0 Å². The molecule has 0 spiro atoms. The highest BCUT2D eigenvalue weighted by Gasteiger charge is 2.26. The number of rotatable bonds is 15. The van der Waals surface area contributed by atoms with Gasteiger partial charge in [0, 0.05) is 0 Å². The normalized spacial score (nSPS) is 13.1. The first-order valence-corrected chi connectivity index (χ1v) is 14.3. The average Bonchev–Trinajstić information content (AvgIpc) is 2.76. The molecular formula is C24H34O7S2. The van der Waals surface area contributed by atoms with Crippen molar-refractivity contribution in [2.45, 2.75) is 87.5 Å². The van der Waals surface area contributed by atoms with Gasteiger partial charge in [0.1, 0.15) is 21.3 Å². The fourth-order valence-corrected chi connectivity index (χ4v) is 5.42. The van der Waals surface area contributed by atoms with E-state index in [0.717, 1.165) is 25.7 Å². The highest BCUT2D eigenvalue weighted by atomic mass is 32.2. The van der Waals surface area contributed by atoms with Gasteiger partial charge in [0.25, 0.3) is 10.1 Å². The lowest BCUT2D eigenvalue weighted by Crippen LogP contribution is -2.19. The van der Waals surface area contributed by atoms with Gasteiger partial charge in [0.15, 0.2) is 0 Å². The van der Waals surface area contributed by atoms with Crippen LogP contribution in [0.25, 0.3) is 0 Å². The van der Waals surface area contributed by atoms with Crippen LogP contribution < -0.4 is 4.74 Å². The Morgan fingerprint density at radius 1 is 0.727 bits per heavy atom. The van der Waals surface area contributed by atoms with Crippen molar-refractivity contribution in [1.82, 2.24) is 0 Å². The Labute approximate surface area is 198 Å². The van der Waals surface area contributed by atoms with Crippen LogP contribution in [0.3, 0.4) is 0 Å². The van der Waals surface area contributed by atoms with E-state index in [0.29, 0.717) is 12.8 Å². The Hall–Kier alpha value is -1.94. The molecule has 2 aromatic carbocycles. The van der Waals surface area contributed by atoms with E-state index in [1.165, 1.54) is 55.7 Å². The lowest BCUT2D eigenvalue weighted by Gasteiger charge is -2.18. The van der Waals surface area contributed by atoms with Gasteiger partial charge < -0.3 is 4.74 Å². The van der Waals surface area contributed by atoms with Crippen molar-refractivity contribution in [3.63, 3.8) is 0 Å². The number of hydrogen-bond acceptors (Lipinski definition) is 6. The Bertz CT molecular complexity index is 1080. The molecule has 2 aromatic rings. The van der Waals surface area contributed by atoms with Gasteiger partial charge >= 0.3 is 10.1 Å². The quantitative estimate of drug-likeness (QED) is 0.173. The van der Waals surface area contributed by atoms with E-state index in [1.807, 2.05) is 6.92 Å². The van der Waals surface area contributed by atoms with Crippen LogP contribution in [0.5, 0.6) is 11.5 Å². The molecule has 0 amide bonds. The van der Waals surface area contributed by atoms with Crippen LogP contribution in [0, 0.1) is 0 Å². The smallest absolute Gasteiger partial charge is 0.300 e. The number of benzene rings is 2. The standard InChI is InChI=1S/C24H34O7S2/c1-3-5-6-7-8-9-15-20(14-4-2)31-33(28,29)24-19-13-11-17-22(24)30-21-16-10-12-18-23(21)32(25,26)27/h10-13,16-20H,3-9,14-15H2,1-2H3,(H,25,26,27). The Balaban J connectivity index is 2.19. The predicted octanol–water partition coefficient (Wildman–Crippen LogP) is 6.35. The molecule has 7 nitrogen and oxygen atoms in total. The van der Waals surface area contributed by atoms with Crippen LogP contribution >= 0.6 is 0 Å². The maximum Gasteiger partial charge on any atom is 0.300 e. The molecule has 0 fully saturated rings. The second-order valence-electron chi connectivity index (χ2n) is 7.99. The molecule has 33 heavy (non-hydrogen) atoms. The van der Waals surface area contributed by atoms with Crippen molar-refractivity contribution in [3.05, 3.63) is 48.5 Å². The van der Waals surface area contributed by atoms with Gasteiger partial charge in [-0.2, -0.15) is 16.8 Å². The van der Waals surface area contributed by atoms with E-state index in [9.17, 15) is 21.4 Å². The van der Waals surface area contributed by atoms with Crippen LogP contribution in [0.1, 0.15) is 71.6 Å². The van der Waals surface area contributed by atoms with E-state index in [-0.39, 0.29) is 16.4 Å². The number of para-hydroxylation sites is 2. The zero-order valence-corrected chi connectivity index (χ0v) is 20.9. The molecule has 0 heterocycles. The molecule has 0 aliphatic carbocycles. The molecule has 0 bridgehead atoms. The summed E-state index contributed by atoms with van der Waals surface area (Å²) in [6.45, 7) is 4.15. The van der Waals surface area contributed by atoms with Crippen molar-refractivity contribution < 1.29 is 30.3 Å². The summed E-state index contributed by atoms with van der Waals surface area (Å²) in [5.41, 5.74) is 0. The summed E-state index contributed by atoms with van der Waals surface area (Å²) in [7, 11) is -8.72. The molecule has 0 aliphatic heterocycles. The Morgan fingerprint density at radius 2 is 1.27 bits per heavy atom. The number of unbranched alkanes of at least 4 members (excludes halogenated alkanes) is 5. The van der Waals surface area contributed by atoms with Gasteiger partial charge in [-0.25, -0.2) is 0 Å². The Kier molecular flexibility index (Phi) is 10.8. The molecule has 0 saturated heterocycles. The van der Waals surface area contributed by atoms with Gasteiger partial charge in [0.2, 0.25) is 0 Å². The van der Waals surface area contributed by atoms with Crippen LogP contribution in [0.4, 0.5) is 0 Å². The first kappa shape index (κ1) is 27.3. The summed E-state index contributed by atoms with van der Waals surface area (Å²) in [4.78, 5) is -0.649. The molecule has 2 rings (SSSR count). The van der Waals surface area contributed by atoms with Gasteiger partial charge in [-0.3, -0.25) is 8.74 Å². The largest absolute Gasteiger partial charge is 0.454 e. The summed E-state index contributed by atoms with van der Waals surface area (Å²) in [6, 6.07) is 11.4. The molecular weight excluding hydrogens is 464 g/mol. The first-order valence-electron chi connectivity index (χ1n) is 11.5. The topological polar surface area (TPSA) is 107 Å². The second kappa shape index (κ2) is 13.1. The van der Waals surface area contributed by atoms with Gasteiger partial charge in [-0.15, -0.1) is 0 Å². The van der Waals surface area contributed by atoms with E-state index >= 15 is 0 Å². The maximum absolute atomic E-state index is 13.1. The highest BCUT2D eigenvalue weighted by Crippen LogP contribution is 2.34. The van der Waals surface area contributed by atoms with Crippen molar-refractivity contribution in [3.8, 4) is 11.5 Å². The molecule has 1 unspecified atom stereocenters. The molecule has 0 radical (unpaired) electrons. The minimum absolute atomic E-state index is 0.0802. The average molecular weight is 499 g/mol. The summed E-state index contributed by atoms with van der Waals surface area (Å²) in [5, 5.41) is 0. The summed E-state index contributed by atoms with van der Waals surface area (Å²) in [6.07, 6.45) is 8.24. The fourth-order valence-electron chi connectivity index (χ4n) is 3.55. The number of hydrogen-bond donors (Lipinski definition) is 1. The third-order valence-electron chi connectivity index (χ3n) is 5.22. The molecule has 184 valence electrons. The molecule has 0 aromatic heterocycles. The zero-order valence-electron chi connectivity index (χ0n) is 19.3. The van der Waals surface area contributed by atoms with E-state index < -0.39 is 31.2 Å². The highest BCUT2D eigenvalue weighted by molar-refractivity contribution is 7.87. The maximum atomic E-state index is 13.1. The van der Waals surface area contributed by atoms with Crippen LogP contribution in [-0.4, -0.2) is 27.5 Å². The van der Waals surface area contributed by atoms with Gasteiger partial charge in [-0.1, -0.05) is 83.1 Å². The van der Waals surface area contributed by atoms with Crippen molar-refractivity contribution >= 4 is 20.2 Å². The summed E-state index contributed by atoms with van der Waals surface area (Å²) in [5.74, 6) is -0.261. The van der Waals surface area contributed by atoms with E-state index in [4.69, 9.17) is 8.92 Å². The van der Waals surface area contributed by atoms with Crippen LogP contribution in [0.15, 0.2) is 58.3 Å². The monoisotopic (exact) mass is 498 g/mol. The predicted molar refractivity (Wildman–Crippen MR) is 128 cm³/mol. The fraction of sp³-hybridized carbons (Fsp3) is 0.500. The van der Waals surface area contributed by atoms with Gasteiger partial charge in [-0.05, 0) is 37.1 Å². The van der Waals surface area contributed by atoms with Crippen molar-refractivity contribution in [2.24, 2.45) is 0 Å². The summed E-state index contributed by atoms with van der Waals surface area (Å²) < 4.78 is 70.2. The zero-order chi connectivity index (χ0) is 24.3. The first-order chi connectivity index (χ1) is 15.7. The Morgan fingerprint density at radius 3 is 1.88 bits per heavy atom. The minimum atomic E-state index is -4.55. The van der Waals surface area contributed by atoms with Gasteiger partial charge in [0.05, 0.1) is 6.10 Å². The molecule has 0 aliphatic rings. The van der Waals surface area contributed by atoms with Crippen LogP contribution in [0.2, 0.25) is 0 Å². The molecule has 1 N–H and O–H groups in total. The third kappa shape index (κ3) is 8.73. The van der Waals surface area contributed by atoms with Crippen LogP contribution in [-0.2, 0) is 24.4 Å². The number of ether oxygens (including phenoxy) is 1. The molecule has 1 atom stereocenters. The van der Waals surface area contributed by atoms with E-state index in [2.05, 4.69) is 6.92 Å². The third-order valence-corrected chi connectivity index (χ3v) is 7.51. The summed E-state index contributed by atoms with van der Waals surface area (Å²) >= 11 is 0. The van der Waals surface area contributed by atoms with Crippen molar-refractivity contribution in [2.75, 3.05) is 0 Å². The minimum Gasteiger partial charge on any atom is -0.454 e. The second-order valence-corrected chi connectivity index (χ2v) is 10.9. The SMILES string of the molecule is CCCCCCCCC(CCC)OS(=O)(=O)c1ccccc1Oc1ccccc1S(=O)(=O)O. The lowest BCUT2D eigenvalue weighted by atomic mass is 10.0. The van der Waals surface area contributed by atoms with E-state index in [1.54, 1.807) is 12.1 Å².